The van der Waals surface area contributed by atoms with Gasteiger partial charge in [0.1, 0.15) is 4.21 Å². The Morgan fingerprint density at radius 1 is 1.67 bits per heavy atom. The molecular weight excluding hydrogens is 158 g/mol. The summed E-state index contributed by atoms with van der Waals surface area (Å²) in [4.78, 5) is 0. The molecule has 0 unspecified atom stereocenters. The van der Waals surface area contributed by atoms with Crippen molar-refractivity contribution < 1.29 is 8.42 Å². The number of aromatic nitrogens is 1. The van der Waals surface area contributed by atoms with Gasteiger partial charge in [-0.05, 0) is 17.6 Å². The van der Waals surface area contributed by atoms with E-state index in [1.807, 2.05) is 0 Å². The van der Waals surface area contributed by atoms with Crippen LogP contribution >= 0.6 is 11.5 Å². The van der Waals surface area contributed by atoms with Crippen LogP contribution in [0.2, 0.25) is 0 Å². The minimum absolute atomic E-state index is 0.322. The summed E-state index contributed by atoms with van der Waals surface area (Å²) in [6.45, 7) is 0. The SMILES string of the molecule is CS(=O)(=O)c1ccns1. The van der Waals surface area contributed by atoms with E-state index in [2.05, 4.69) is 4.37 Å². The van der Waals surface area contributed by atoms with Gasteiger partial charge in [-0.3, -0.25) is 0 Å². The summed E-state index contributed by atoms with van der Waals surface area (Å²) in [7, 11) is -3.00. The fourth-order valence-electron chi connectivity index (χ4n) is 0.395. The number of nitrogens with zero attached hydrogens (tertiary/aromatic N) is 1. The van der Waals surface area contributed by atoms with E-state index in [-0.39, 0.29) is 0 Å². The van der Waals surface area contributed by atoms with E-state index >= 15 is 0 Å². The summed E-state index contributed by atoms with van der Waals surface area (Å²) in [5, 5.41) is 0. The fourth-order valence-corrected chi connectivity index (χ4v) is 1.72. The highest BCUT2D eigenvalue weighted by atomic mass is 32.2. The standard InChI is InChI=1S/C4H5NO2S2/c1-9(6,7)4-2-3-5-8-4/h2-3H,1H3. The van der Waals surface area contributed by atoms with E-state index in [0.717, 1.165) is 11.5 Å². The Kier molecular flexibility index (Phi) is 1.54. The zero-order chi connectivity index (χ0) is 6.91. The van der Waals surface area contributed by atoms with Crippen LogP contribution in [0.5, 0.6) is 0 Å². The highest BCUT2D eigenvalue weighted by Crippen LogP contribution is 2.11. The zero-order valence-corrected chi connectivity index (χ0v) is 6.37. The van der Waals surface area contributed by atoms with Crippen LogP contribution in [0.15, 0.2) is 16.5 Å². The summed E-state index contributed by atoms with van der Waals surface area (Å²) in [5.74, 6) is 0. The lowest BCUT2D eigenvalue weighted by Gasteiger charge is -1.84. The van der Waals surface area contributed by atoms with E-state index < -0.39 is 9.84 Å². The first-order valence-corrected chi connectivity index (χ1v) is 4.88. The van der Waals surface area contributed by atoms with Crippen LogP contribution < -0.4 is 0 Å². The molecule has 1 rings (SSSR count). The van der Waals surface area contributed by atoms with Crippen molar-refractivity contribution in [3.63, 3.8) is 0 Å². The highest BCUT2D eigenvalue weighted by Gasteiger charge is 2.06. The van der Waals surface area contributed by atoms with Gasteiger partial charge < -0.3 is 0 Å². The first-order chi connectivity index (χ1) is 4.11. The summed E-state index contributed by atoms with van der Waals surface area (Å²) in [6.07, 6.45) is 2.64. The highest BCUT2D eigenvalue weighted by molar-refractivity contribution is 7.92. The van der Waals surface area contributed by atoms with Gasteiger partial charge in [-0.1, -0.05) is 0 Å². The van der Waals surface area contributed by atoms with Crippen LogP contribution in [0, 0.1) is 0 Å². The third-order valence-corrected chi connectivity index (χ3v) is 3.32. The molecule has 1 aromatic rings. The molecule has 0 aliphatic rings. The van der Waals surface area contributed by atoms with Crippen LogP contribution in [0.4, 0.5) is 0 Å². The lowest BCUT2D eigenvalue weighted by Crippen LogP contribution is -1.91. The van der Waals surface area contributed by atoms with Gasteiger partial charge in [0, 0.05) is 12.5 Å². The number of hydrogen-bond donors (Lipinski definition) is 0. The largest absolute Gasteiger partial charge is 0.223 e. The van der Waals surface area contributed by atoms with Gasteiger partial charge in [0.25, 0.3) is 0 Å². The van der Waals surface area contributed by atoms with Crippen molar-refractivity contribution in [2.24, 2.45) is 0 Å². The predicted molar refractivity (Wildman–Crippen MR) is 35.2 cm³/mol. The molecule has 0 saturated heterocycles. The smallest absolute Gasteiger partial charge is 0.186 e. The number of rotatable bonds is 1. The molecule has 3 nitrogen and oxygen atoms in total. The van der Waals surface area contributed by atoms with Gasteiger partial charge in [0.05, 0.1) is 0 Å². The van der Waals surface area contributed by atoms with Crippen LogP contribution in [0.25, 0.3) is 0 Å². The second-order valence-corrected chi connectivity index (χ2v) is 4.68. The lowest BCUT2D eigenvalue weighted by molar-refractivity contribution is 0.604. The van der Waals surface area contributed by atoms with Crippen molar-refractivity contribution in [1.29, 1.82) is 0 Å². The van der Waals surface area contributed by atoms with Gasteiger partial charge in [-0.2, -0.15) is 4.37 Å². The third-order valence-electron chi connectivity index (χ3n) is 0.780. The predicted octanol–water partition coefficient (Wildman–Crippen LogP) is 0.547. The monoisotopic (exact) mass is 163 g/mol. The molecule has 5 heteroatoms. The van der Waals surface area contributed by atoms with E-state index in [1.54, 1.807) is 0 Å². The van der Waals surface area contributed by atoms with Gasteiger partial charge in [0.2, 0.25) is 0 Å². The number of hydrogen-bond acceptors (Lipinski definition) is 4. The maximum absolute atomic E-state index is 10.7. The van der Waals surface area contributed by atoms with Crippen LogP contribution in [0.1, 0.15) is 0 Å². The second-order valence-electron chi connectivity index (χ2n) is 1.60. The summed E-state index contributed by atoms with van der Waals surface area (Å²) >= 11 is 0.992. The van der Waals surface area contributed by atoms with Crippen LogP contribution in [-0.4, -0.2) is 19.0 Å². The van der Waals surface area contributed by atoms with Crippen molar-refractivity contribution in [3.8, 4) is 0 Å². The van der Waals surface area contributed by atoms with Crippen LogP contribution in [0.3, 0.4) is 0 Å². The molecule has 0 aliphatic heterocycles. The van der Waals surface area contributed by atoms with Crippen molar-refractivity contribution >= 4 is 21.4 Å². The van der Waals surface area contributed by atoms with E-state index in [4.69, 9.17) is 0 Å². The van der Waals surface area contributed by atoms with Crippen molar-refractivity contribution in [2.75, 3.05) is 6.26 Å². The molecule has 0 aromatic carbocycles. The van der Waals surface area contributed by atoms with Crippen LogP contribution in [-0.2, 0) is 9.84 Å². The third kappa shape index (κ3) is 1.49. The minimum atomic E-state index is -3.00. The molecule has 0 atom stereocenters. The Morgan fingerprint density at radius 2 is 2.33 bits per heavy atom. The van der Waals surface area contributed by atoms with Crippen molar-refractivity contribution in [3.05, 3.63) is 12.3 Å². The lowest BCUT2D eigenvalue weighted by atomic mass is 10.8. The minimum Gasteiger partial charge on any atom is -0.223 e. The molecule has 0 bridgehead atoms. The first-order valence-electron chi connectivity index (χ1n) is 2.21. The van der Waals surface area contributed by atoms with E-state index in [1.165, 1.54) is 18.5 Å². The summed E-state index contributed by atoms with van der Waals surface area (Å²) < 4.78 is 25.3. The molecule has 0 aliphatic carbocycles. The molecule has 0 amide bonds. The molecule has 1 heterocycles. The average molecular weight is 163 g/mol. The molecule has 50 valence electrons. The van der Waals surface area contributed by atoms with E-state index in [0.29, 0.717) is 4.21 Å². The molecule has 1 aromatic heterocycles. The Balaban J connectivity index is 3.20. The number of sulfone groups is 1. The van der Waals surface area contributed by atoms with Crippen molar-refractivity contribution in [2.45, 2.75) is 4.21 Å². The van der Waals surface area contributed by atoms with Gasteiger partial charge in [-0.15, -0.1) is 0 Å². The maximum Gasteiger partial charge on any atom is 0.186 e. The maximum atomic E-state index is 10.7. The molecule has 0 radical (unpaired) electrons. The topological polar surface area (TPSA) is 47.0 Å². The fraction of sp³-hybridized carbons (Fsp3) is 0.250. The normalized spacial score (nSPS) is 11.7. The molecule has 0 saturated carbocycles. The molecule has 0 N–H and O–H groups in total. The Bertz CT molecular complexity index is 274. The van der Waals surface area contributed by atoms with E-state index in [9.17, 15) is 8.42 Å². The second kappa shape index (κ2) is 2.07. The summed E-state index contributed by atoms with van der Waals surface area (Å²) in [5.41, 5.74) is 0. The van der Waals surface area contributed by atoms with Crippen molar-refractivity contribution in [1.82, 2.24) is 4.37 Å². The Morgan fingerprint density at radius 3 is 2.56 bits per heavy atom. The Labute approximate surface area is 57.4 Å². The van der Waals surface area contributed by atoms with Gasteiger partial charge in [-0.25, -0.2) is 8.42 Å². The first kappa shape index (κ1) is 6.70. The molecular formula is C4H5NO2S2. The Hall–Kier alpha value is -0.420. The van der Waals surface area contributed by atoms with Gasteiger partial charge >= 0.3 is 0 Å². The molecule has 0 fully saturated rings. The summed E-state index contributed by atoms with van der Waals surface area (Å²) in [6, 6.07) is 1.49. The quantitative estimate of drug-likeness (QED) is 0.607. The molecule has 9 heavy (non-hydrogen) atoms. The molecule has 0 spiro atoms. The zero-order valence-electron chi connectivity index (χ0n) is 4.73. The van der Waals surface area contributed by atoms with Gasteiger partial charge in [0.15, 0.2) is 9.84 Å². The average Bonchev–Trinajstić information content (AvgIpc) is 2.08.